The summed E-state index contributed by atoms with van der Waals surface area (Å²) in [5.74, 6) is -1.08. The van der Waals surface area contributed by atoms with Crippen molar-refractivity contribution in [2.24, 2.45) is 5.92 Å². The van der Waals surface area contributed by atoms with Crippen LogP contribution in [0, 0.1) is 11.7 Å². The summed E-state index contributed by atoms with van der Waals surface area (Å²) in [6.45, 7) is 5.51. The molecule has 1 heterocycles. The molecule has 1 aromatic rings. The predicted octanol–water partition coefficient (Wildman–Crippen LogP) is 2.85. The van der Waals surface area contributed by atoms with Crippen LogP contribution in [0.2, 0.25) is 0 Å². The number of amides is 2. The van der Waals surface area contributed by atoms with Crippen LogP contribution in [-0.4, -0.2) is 23.9 Å². The molecule has 0 aromatic heterocycles. The Bertz CT molecular complexity index is 577. The number of nitrogens with one attached hydrogen (secondary N) is 1. The van der Waals surface area contributed by atoms with Crippen LogP contribution in [0.1, 0.15) is 27.2 Å². The number of hydrogen-bond donors (Lipinski definition) is 1. The van der Waals surface area contributed by atoms with E-state index >= 15 is 0 Å². The number of hydrogen-bond acceptors (Lipinski definition) is 2. The third kappa shape index (κ3) is 2.95. The molecule has 0 spiro atoms. The van der Waals surface area contributed by atoms with Crippen molar-refractivity contribution in [1.82, 2.24) is 5.32 Å². The van der Waals surface area contributed by atoms with Gasteiger partial charge in [-0.15, -0.1) is 0 Å². The Morgan fingerprint density at radius 2 is 2.05 bits per heavy atom. The third-order valence-corrected chi connectivity index (χ3v) is 4.13. The average molecular weight is 357 g/mol. The van der Waals surface area contributed by atoms with E-state index in [1.807, 2.05) is 13.8 Å². The molecule has 2 amide bonds. The lowest BCUT2D eigenvalue weighted by atomic mass is 9.96. The molecule has 0 saturated carbocycles. The van der Waals surface area contributed by atoms with E-state index < -0.39 is 17.9 Å². The van der Waals surface area contributed by atoms with E-state index in [-0.39, 0.29) is 23.4 Å². The van der Waals surface area contributed by atoms with Crippen molar-refractivity contribution in [3.05, 3.63) is 28.5 Å². The molecule has 21 heavy (non-hydrogen) atoms. The predicted molar refractivity (Wildman–Crippen MR) is 82.4 cm³/mol. The van der Waals surface area contributed by atoms with Crippen LogP contribution < -0.4 is 10.2 Å². The molecule has 2 atom stereocenters. The van der Waals surface area contributed by atoms with Gasteiger partial charge in [-0.05, 0) is 30.5 Å². The molecule has 1 saturated heterocycles. The molecule has 114 valence electrons. The van der Waals surface area contributed by atoms with E-state index in [1.54, 1.807) is 13.0 Å². The number of rotatable bonds is 3. The van der Waals surface area contributed by atoms with Gasteiger partial charge in [0.2, 0.25) is 5.91 Å². The zero-order chi connectivity index (χ0) is 15.7. The monoisotopic (exact) mass is 356 g/mol. The third-order valence-electron chi connectivity index (χ3n) is 3.64. The van der Waals surface area contributed by atoms with Gasteiger partial charge < -0.3 is 5.32 Å². The Morgan fingerprint density at radius 3 is 2.57 bits per heavy atom. The number of halogens is 2. The smallest absolute Gasteiger partial charge is 0.250 e. The first kappa shape index (κ1) is 15.9. The highest BCUT2D eigenvalue weighted by molar-refractivity contribution is 9.10. The van der Waals surface area contributed by atoms with Crippen molar-refractivity contribution in [3.8, 4) is 0 Å². The van der Waals surface area contributed by atoms with Crippen molar-refractivity contribution < 1.29 is 14.0 Å². The van der Waals surface area contributed by atoms with E-state index in [2.05, 4.69) is 21.2 Å². The topological polar surface area (TPSA) is 49.4 Å². The van der Waals surface area contributed by atoms with Gasteiger partial charge >= 0.3 is 0 Å². The normalized spacial score (nSPS) is 22.7. The molecule has 0 bridgehead atoms. The molecule has 4 nitrogen and oxygen atoms in total. The largest absolute Gasteiger partial charge is 0.342 e. The van der Waals surface area contributed by atoms with Gasteiger partial charge in [-0.3, -0.25) is 14.5 Å². The number of carbonyl (C=O) groups is 2. The maximum absolute atomic E-state index is 14.2. The minimum absolute atomic E-state index is 0.0553. The van der Waals surface area contributed by atoms with Crippen LogP contribution in [-0.2, 0) is 9.59 Å². The summed E-state index contributed by atoms with van der Waals surface area (Å²) in [5, 5.41) is 2.74. The van der Waals surface area contributed by atoms with E-state index in [0.29, 0.717) is 10.9 Å². The number of nitrogens with zero attached hydrogens (tertiary/aromatic N) is 1. The Morgan fingerprint density at radius 1 is 1.38 bits per heavy atom. The van der Waals surface area contributed by atoms with E-state index in [0.717, 1.165) is 0 Å². The lowest BCUT2D eigenvalue weighted by molar-refractivity contribution is -0.135. The molecule has 1 fully saturated rings. The highest BCUT2D eigenvalue weighted by Crippen LogP contribution is 2.29. The first-order valence-electron chi connectivity index (χ1n) is 6.95. The molecular weight excluding hydrogens is 339 g/mol. The Hall–Kier alpha value is -1.43. The second kappa shape index (κ2) is 6.13. The molecular formula is C15H18BrFN2O2. The maximum atomic E-state index is 14.2. The van der Waals surface area contributed by atoms with Gasteiger partial charge in [-0.2, -0.15) is 0 Å². The van der Waals surface area contributed by atoms with Crippen molar-refractivity contribution in [1.29, 1.82) is 0 Å². The minimum Gasteiger partial charge on any atom is -0.342 e. The second-order valence-electron chi connectivity index (χ2n) is 5.46. The van der Waals surface area contributed by atoms with Crippen LogP contribution >= 0.6 is 15.9 Å². The maximum Gasteiger partial charge on any atom is 0.250 e. The zero-order valence-corrected chi connectivity index (χ0v) is 13.8. The molecule has 6 heteroatoms. The number of benzene rings is 1. The molecule has 0 radical (unpaired) electrons. The van der Waals surface area contributed by atoms with Gasteiger partial charge in [0.05, 0.1) is 5.69 Å². The summed E-state index contributed by atoms with van der Waals surface area (Å²) >= 11 is 3.19. The van der Waals surface area contributed by atoms with Gasteiger partial charge in [0.15, 0.2) is 0 Å². The fourth-order valence-corrected chi connectivity index (χ4v) is 2.85. The standard InChI is InChI=1S/C15H18BrFN2O2/c1-4-11-14(20)18-13(8(2)3)15(21)19(11)12-6-5-9(16)7-10(12)17/h5-8,11,13H,4H2,1-3H3,(H,18,20). The van der Waals surface area contributed by atoms with E-state index in [4.69, 9.17) is 0 Å². The first-order valence-corrected chi connectivity index (χ1v) is 7.74. The van der Waals surface area contributed by atoms with Crippen LogP contribution in [0.15, 0.2) is 22.7 Å². The molecule has 1 aliphatic rings. The van der Waals surface area contributed by atoms with Crippen molar-refractivity contribution >= 4 is 33.4 Å². The lowest BCUT2D eigenvalue weighted by Gasteiger charge is -2.40. The van der Waals surface area contributed by atoms with Crippen molar-refractivity contribution in [3.63, 3.8) is 0 Å². The minimum atomic E-state index is -0.678. The summed E-state index contributed by atoms with van der Waals surface area (Å²) in [5.41, 5.74) is 0.149. The Labute approximate surface area is 131 Å². The number of anilines is 1. The van der Waals surface area contributed by atoms with Crippen LogP contribution in [0.4, 0.5) is 10.1 Å². The number of piperazine rings is 1. The van der Waals surface area contributed by atoms with E-state index in [1.165, 1.54) is 17.0 Å². The van der Waals surface area contributed by atoms with Gasteiger partial charge in [0, 0.05) is 4.47 Å². The summed E-state index contributed by atoms with van der Waals surface area (Å²) in [7, 11) is 0. The molecule has 1 aromatic carbocycles. The summed E-state index contributed by atoms with van der Waals surface area (Å²) in [6, 6.07) is 3.18. The first-order chi connectivity index (χ1) is 9.86. The highest BCUT2D eigenvalue weighted by Gasteiger charge is 2.42. The van der Waals surface area contributed by atoms with Crippen LogP contribution in [0.3, 0.4) is 0 Å². The summed E-state index contributed by atoms with van der Waals surface area (Å²) < 4.78 is 14.8. The van der Waals surface area contributed by atoms with E-state index in [9.17, 15) is 14.0 Å². The fourth-order valence-electron chi connectivity index (χ4n) is 2.51. The molecule has 1 N–H and O–H groups in total. The fraction of sp³-hybridized carbons (Fsp3) is 0.467. The van der Waals surface area contributed by atoms with Crippen molar-refractivity contribution in [2.45, 2.75) is 39.3 Å². The molecule has 0 aliphatic carbocycles. The lowest BCUT2D eigenvalue weighted by Crippen LogP contribution is -2.65. The van der Waals surface area contributed by atoms with Crippen LogP contribution in [0.5, 0.6) is 0 Å². The van der Waals surface area contributed by atoms with Gasteiger partial charge in [0.1, 0.15) is 17.9 Å². The highest BCUT2D eigenvalue weighted by atomic mass is 79.9. The summed E-state index contributed by atoms with van der Waals surface area (Å²) in [4.78, 5) is 26.2. The van der Waals surface area contributed by atoms with Crippen molar-refractivity contribution in [2.75, 3.05) is 4.90 Å². The zero-order valence-electron chi connectivity index (χ0n) is 12.2. The quantitative estimate of drug-likeness (QED) is 0.905. The summed E-state index contributed by atoms with van der Waals surface area (Å²) in [6.07, 6.45) is 0.428. The molecule has 2 unspecified atom stereocenters. The molecule has 1 aliphatic heterocycles. The Kier molecular flexibility index (Phi) is 4.66. The second-order valence-corrected chi connectivity index (χ2v) is 6.37. The SMILES string of the molecule is CCC1C(=O)NC(C(C)C)C(=O)N1c1ccc(Br)cc1F. The van der Waals surface area contributed by atoms with Gasteiger partial charge in [-0.1, -0.05) is 36.7 Å². The van der Waals surface area contributed by atoms with Gasteiger partial charge in [-0.25, -0.2) is 4.39 Å². The molecule has 2 rings (SSSR count). The van der Waals surface area contributed by atoms with Gasteiger partial charge in [0.25, 0.3) is 5.91 Å². The number of carbonyl (C=O) groups excluding carboxylic acids is 2. The van der Waals surface area contributed by atoms with Crippen LogP contribution in [0.25, 0.3) is 0 Å². The average Bonchev–Trinajstić information content (AvgIpc) is 2.41. The Balaban J connectivity index is 2.49.